The second kappa shape index (κ2) is 4.83. The van der Waals surface area contributed by atoms with E-state index in [0.717, 1.165) is 19.6 Å². The monoisotopic (exact) mass is 172 g/mol. The van der Waals surface area contributed by atoms with Gasteiger partial charge in [0.1, 0.15) is 0 Å². The topological polar surface area (TPSA) is 29.3 Å². The van der Waals surface area contributed by atoms with Crippen LogP contribution in [0, 0.1) is 5.41 Å². The van der Waals surface area contributed by atoms with E-state index in [0.29, 0.717) is 11.5 Å². The number of likely N-dealkylation sites (N-methyl/N-ethyl adjacent to an activating group) is 1. The normalized spacial score (nSPS) is 15.2. The third-order valence-electron chi connectivity index (χ3n) is 2.48. The van der Waals surface area contributed by atoms with Crippen LogP contribution >= 0.6 is 0 Å². The van der Waals surface area contributed by atoms with E-state index in [1.807, 2.05) is 0 Å². The van der Waals surface area contributed by atoms with E-state index >= 15 is 0 Å². The number of nitrogens with two attached hydrogens (primary N) is 1. The summed E-state index contributed by atoms with van der Waals surface area (Å²) in [5, 5.41) is 0. The molecule has 0 aromatic heterocycles. The average Bonchev–Trinajstić information content (AvgIpc) is 1.97. The second-order valence-electron chi connectivity index (χ2n) is 4.34. The van der Waals surface area contributed by atoms with Crippen molar-refractivity contribution < 1.29 is 0 Å². The summed E-state index contributed by atoms with van der Waals surface area (Å²) in [7, 11) is 0. The molecule has 1 atom stereocenters. The summed E-state index contributed by atoms with van der Waals surface area (Å²) in [6, 6.07) is 0.507. The number of nitrogens with zero attached hydrogens (tertiary/aromatic N) is 1. The molecular weight excluding hydrogens is 148 g/mol. The Balaban J connectivity index is 4.31. The maximum Gasteiger partial charge on any atom is 0.0266 e. The van der Waals surface area contributed by atoms with Gasteiger partial charge in [-0.05, 0) is 18.5 Å². The van der Waals surface area contributed by atoms with Crippen LogP contribution in [0.25, 0.3) is 0 Å². The van der Waals surface area contributed by atoms with E-state index in [1.54, 1.807) is 0 Å². The lowest BCUT2D eigenvalue weighted by Crippen LogP contribution is -2.48. The van der Waals surface area contributed by atoms with Gasteiger partial charge < -0.3 is 5.73 Å². The van der Waals surface area contributed by atoms with Gasteiger partial charge in [-0.1, -0.05) is 34.6 Å². The summed E-state index contributed by atoms with van der Waals surface area (Å²) in [6.07, 6.45) is 0. The van der Waals surface area contributed by atoms with Gasteiger partial charge in [0.2, 0.25) is 0 Å². The van der Waals surface area contributed by atoms with Gasteiger partial charge in [-0.15, -0.1) is 0 Å². The quantitative estimate of drug-likeness (QED) is 0.699. The van der Waals surface area contributed by atoms with E-state index < -0.39 is 0 Å². The summed E-state index contributed by atoms with van der Waals surface area (Å²) >= 11 is 0. The van der Waals surface area contributed by atoms with Gasteiger partial charge in [-0.2, -0.15) is 0 Å². The van der Waals surface area contributed by atoms with Crippen LogP contribution in [0.4, 0.5) is 0 Å². The Morgan fingerprint density at radius 2 is 1.58 bits per heavy atom. The molecule has 0 spiro atoms. The largest absolute Gasteiger partial charge is 0.329 e. The van der Waals surface area contributed by atoms with E-state index in [1.165, 1.54) is 0 Å². The third kappa shape index (κ3) is 3.11. The number of rotatable bonds is 4. The minimum atomic E-state index is 0.292. The van der Waals surface area contributed by atoms with E-state index in [9.17, 15) is 0 Å². The smallest absolute Gasteiger partial charge is 0.0266 e. The lowest BCUT2D eigenvalue weighted by Gasteiger charge is -2.38. The van der Waals surface area contributed by atoms with Crippen LogP contribution in [-0.2, 0) is 0 Å². The van der Waals surface area contributed by atoms with Crippen molar-refractivity contribution in [2.24, 2.45) is 11.1 Å². The average molecular weight is 172 g/mol. The summed E-state index contributed by atoms with van der Waals surface area (Å²) in [4.78, 5) is 2.43. The Morgan fingerprint density at radius 3 is 1.67 bits per heavy atom. The zero-order chi connectivity index (χ0) is 9.78. The minimum absolute atomic E-state index is 0.292. The van der Waals surface area contributed by atoms with Crippen LogP contribution in [-0.4, -0.2) is 30.6 Å². The zero-order valence-corrected chi connectivity index (χ0v) is 9.22. The molecule has 0 radical (unpaired) electrons. The third-order valence-corrected chi connectivity index (χ3v) is 2.48. The predicted octanol–water partition coefficient (Wildman–Crippen LogP) is 1.70. The van der Waals surface area contributed by atoms with Crippen molar-refractivity contribution in [2.45, 2.75) is 40.7 Å². The molecule has 74 valence electrons. The van der Waals surface area contributed by atoms with Gasteiger partial charge in [0.25, 0.3) is 0 Å². The molecule has 0 aromatic rings. The van der Waals surface area contributed by atoms with Gasteiger partial charge in [-0.3, -0.25) is 4.90 Å². The molecule has 0 heterocycles. The van der Waals surface area contributed by atoms with Crippen molar-refractivity contribution >= 4 is 0 Å². The summed E-state index contributed by atoms with van der Waals surface area (Å²) in [6.45, 7) is 14.1. The zero-order valence-electron chi connectivity index (χ0n) is 9.22. The molecule has 2 heteroatoms. The van der Waals surface area contributed by atoms with Crippen LogP contribution in [0.3, 0.4) is 0 Å². The van der Waals surface area contributed by atoms with Crippen molar-refractivity contribution in [3.63, 3.8) is 0 Å². The Bertz CT molecular complexity index is 111. The Hall–Kier alpha value is -0.0800. The van der Waals surface area contributed by atoms with Crippen LogP contribution in [0.1, 0.15) is 34.6 Å². The SMILES string of the molecule is CCN(CC)C(CN)C(C)(C)C. The molecule has 0 aliphatic heterocycles. The Kier molecular flexibility index (Phi) is 4.80. The van der Waals surface area contributed by atoms with E-state index in [-0.39, 0.29) is 0 Å². The first-order valence-corrected chi connectivity index (χ1v) is 4.91. The molecular formula is C10H24N2. The predicted molar refractivity (Wildman–Crippen MR) is 55.2 cm³/mol. The maximum absolute atomic E-state index is 5.77. The highest BCUT2D eigenvalue weighted by Crippen LogP contribution is 2.23. The summed E-state index contributed by atoms with van der Waals surface area (Å²) in [5.74, 6) is 0. The number of hydrogen-bond donors (Lipinski definition) is 1. The molecule has 0 aliphatic rings. The first-order chi connectivity index (χ1) is 5.47. The molecule has 0 bridgehead atoms. The van der Waals surface area contributed by atoms with Crippen molar-refractivity contribution in [3.8, 4) is 0 Å². The van der Waals surface area contributed by atoms with E-state index in [2.05, 4.69) is 39.5 Å². The maximum atomic E-state index is 5.77. The van der Waals surface area contributed by atoms with Crippen molar-refractivity contribution in [1.82, 2.24) is 4.90 Å². The molecule has 0 saturated carbocycles. The minimum Gasteiger partial charge on any atom is -0.329 e. The van der Waals surface area contributed by atoms with Crippen LogP contribution in [0.15, 0.2) is 0 Å². The van der Waals surface area contributed by atoms with Crippen LogP contribution in [0.2, 0.25) is 0 Å². The molecule has 2 N–H and O–H groups in total. The molecule has 0 fully saturated rings. The fraction of sp³-hybridized carbons (Fsp3) is 1.00. The standard InChI is InChI=1S/C10H24N2/c1-6-12(7-2)9(8-11)10(3,4)5/h9H,6-8,11H2,1-5H3. The Labute approximate surface area is 77.1 Å². The van der Waals surface area contributed by atoms with Gasteiger partial charge in [0.15, 0.2) is 0 Å². The lowest BCUT2D eigenvalue weighted by molar-refractivity contribution is 0.116. The molecule has 0 saturated heterocycles. The van der Waals surface area contributed by atoms with Gasteiger partial charge in [-0.25, -0.2) is 0 Å². The molecule has 0 aromatic carbocycles. The van der Waals surface area contributed by atoms with Crippen LogP contribution in [0.5, 0.6) is 0 Å². The first kappa shape index (κ1) is 11.9. The molecule has 1 unspecified atom stereocenters. The van der Waals surface area contributed by atoms with Crippen molar-refractivity contribution in [3.05, 3.63) is 0 Å². The first-order valence-electron chi connectivity index (χ1n) is 4.91. The second-order valence-corrected chi connectivity index (χ2v) is 4.34. The highest BCUT2D eigenvalue weighted by molar-refractivity contribution is 4.82. The van der Waals surface area contributed by atoms with Gasteiger partial charge in [0, 0.05) is 12.6 Å². The van der Waals surface area contributed by atoms with Crippen LogP contribution < -0.4 is 5.73 Å². The Morgan fingerprint density at radius 1 is 1.17 bits per heavy atom. The summed E-state index contributed by atoms with van der Waals surface area (Å²) < 4.78 is 0. The van der Waals surface area contributed by atoms with E-state index in [4.69, 9.17) is 5.73 Å². The van der Waals surface area contributed by atoms with Crippen molar-refractivity contribution in [2.75, 3.05) is 19.6 Å². The fourth-order valence-electron chi connectivity index (χ4n) is 1.71. The fourth-order valence-corrected chi connectivity index (χ4v) is 1.71. The molecule has 0 amide bonds. The van der Waals surface area contributed by atoms with Crippen molar-refractivity contribution in [1.29, 1.82) is 0 Å². The molecule has 0 aliphatic carbocycles. The molecule has 12 heavy (non-hydrogen) atoms. The molecule has 0 rings (SSSR count). The van der Waals surface area contributed by atoms with Gasteiger partial charge >= 0.3 is 0 Å². The molecule has 2 nitrogen and oxygen atoms in total. The highest BCUT2D eigenvalue weighted by atomic mass is 15.2. The highest BCUT2D eigenvalue weighted by Gasteiger charge is 2.26. The lowest BCUT2D eigenvalue weighted by atomic mass is 9.85. The summed E-state index contributed by atoms with van der Waals surface area (Å²) in [5.41, 5.74) is 6.06. The van der Waals surface area contributed by atoms with Gasteiger partial charge in [0.05, 0.1) is 0 Å². The number of hydrogen-bond acceptors (Lipinski definition) is 2.